The fraction of sp³-hybridized carbons (Fsp3) is 0.909. The summed E-state index contributed by atoms with van der Waals surface area (Å²) in [5.74, 6) is -0.134. The van der Waals surface area contributed by atoms with Crippen LogP contribution < -0.4 is 0 Å². The average Bonchev–Trinajstić information content (AvgIpc) is 2.52. The Hall–Kier alpha value is -0.570. The summed E-state index contributed by atoms with van der Waals surface area (Å²) in [4.78, 5) is 11.7. The third kappa shape index (κ3) is 2.47. The zero-order valence-corrected chi connectivity index (χ0v) is 9.55. The van der Waals surface area contributed by atoms with Gasteiger partial charge < -0.3 is 9.47 Å². The molecule has 82 valence electrons. The first kappa shape index (κ1) is 11.5. The highest BCUT2D eigenvalue weighted by Gasteiger charge is 2.39. The third-order valence-corrected chi connectivity index (χ3v) is 2.63. The third-order valence-electron chi connectivity index (χ3n) is 2.63. The zero-order valence-electron chi connectivity index (χ0n) is 9.55. The van der Waals surface area contributed by atoms with E-state index in [1.165, 1.54) is 0 Å². The normalized spacial score (nSPS) is 27.7. The maximum absolute atomic E-state index is 11.7. The van der Waals surface area contributed by atoms with Crippen molar-refractivity contribution in [2.75, 3.05) is 13.2 Å². The predicted octanol–water partition coefficient (Wildman–Crippen LogP) is 2.14. The minimum atomic E-state index is -0.426. The van der Waals surface area contributed by atoms with Gasteiger partial charge in [-0.2, -0.15) is 0 Å². The van der Waals surface area contributed by atoms with Crippen molar-refractivity contribution in [2.24, 2.45) is 5.41 Å². The lowest BCUT2D eigenvalue weighted by Gasteiger charge is -2.29. The Kier molecular flexibility index (Phi) is 3.20. The number of hydrogen-bond acceptors (Lipinski definition) is 3. The Balaban J connectivity index is 2.61. The van der Waals surface area contributed by atoms with Crippen LogP contribution in [0.2, 0.25) is 0 Å². The minimum Gasteiger partial charge on any atom is -0.456 e. The summed E-state index contributed by atoms with van der Waals surface area (Å²) >= 11 is 0. The van der Waals surface area contributed by atoms with Gasteiger partial charge in [-0.15, -0.1) is 0 Å². The number of ether oxygens (including phenoxy) is 2. The molecule has 14 heavy (non-hydrogen) atoms. The van der Waals surface area contributed by atoms with Gasteiger partial charge in [0.2, 0.25) is 0 Å². The summed E-state index contributed by atoms with van der Waals surface area (Å²) in [6.45, 7) is 8.89. The maximum atomic E-state index is 11.7. The Morgan fingerprint density at radius 1 is 1.50 bits per heavy atom. The van der Waals surface area contributed by atoms with Crippen LogP contribution in [0.15, 0.2) is 0 Å². The van der Waals surface area contributed by atoms with Crippen LogP contribution in [0.3, 0.4) is 0 Å². The molecule has 0 amide bonds. The van der Waals surface area contributed by atoms with E-state index < -0.39 is 5.41 Å². The molecule has 1 saturated heterocycles. The average molecular weight is 200 g/mol. The van der Waals surface area contributed by atoms with Crippen molar-refractivity contribution in [3.8, 4) is 0 Å². The van der Waals surface area contributed by atoms with Crippen LogP contribution in [-0.2, 0) is 14.3 Å². The molecule has 1 unspecified atom stereocenters. The number of carbonyl (C=O) groups excluding carboxylic acids is 1. The first-order valence-corrected chi connectivity index (χ1v) is 5.21. The highest BCUT2D eigenvalue weighted by molar-refractivity contribution is 5.75. The van der Waals surface area contributed by atoms with Gasteiger partial charge >= 0.3 is 5.97 Å². The van der Waals surface area contributed by atoms with Crippen molar-refractivity contribution in [1.82, 2.24) is 0 Å². The first-order valence-electron chi connectivity index (χ1n) is 5.21. The topological polar surface area (TPSA) is 35.5 Å². The quantitative estimate of drug-likeness (QED) is 0.641. The van der Waals surface area contributed by atoms with E-state index in [0.29, 0.717) is 13.2 Å². The van der Waals surface area contributed by atoms with Crippen molar-refractivity contribution in [2.45, 2.75) is 46.1 Å². The fourth-order valence-electron chi connectivity index (χ4n) is 1.37. The summed E-state index contributed by atoms with van der Waals surface area (Å²) < 4.78 is 10.8. The lowest BCUT2D eigenvalue weighted by molar-refractivity contribution is -0.170. The van der Waals surface area contributed by atoms with Crippen molar-refractivity contribution >= 4 is 5.97 Å². The van der Waals surface area contributed by atoms with E-state index in [1.807, 2.05) is 27.7 Å². The molecule has 0 aromatic heterocycles. The Morgan fingerprint density at radius 3 is 2.50 bits per heavy atom. The van der Waals surface area contributed by atoms with Gasteiger partial charge in [0.15, 0.2) is 0 Å². The molecule has 1 rings (SSSR count). The highest BCUT2D eigenvalue weighted by atomic mass is 16.6. The number of rotatable bonds is 2. The van der Waals surface area contributed by atoms with Crippen LogP contribution >= 0.6 is 0 Å². The number of esters is 1. The van der Waals surface area contributed by atoms with Crippen LogP contribution in [0.4, 0.5) is 0 Å². The van der Waals surface area contributed by atoms with Gasteiger partial charge in [-0.05, 0) is 27.2 Å². The molecule has 0 bridgehead atoms. The van der Waals surface area contributed by atoms with Gasteiger partial charge in [-0.1, -0.05) is 6.92 Å². The standard InChI is InChI=1S/C11H20O3/c1-5-11(6-7-13-8-11)14-9(12)10(2,3)4/h5-8H2,1-4H3. The van der Waals surface area contributed by atoms with E-state index in [9.17, 15) is 4.79 Å². The lowest BCUT2D eigenvalue weighted by Crippen LogP contribution is -2.39. The van der Waals surface area contributed by atoms with Gasteiger partial charge in [0, 0.05) is 6.42 Å². The second-order valence-electron chi connectivity index (χ2n) is 4.98. The van der Waals surface area contributed by atoms with E-state index >= 15 is 0 Å². The highest BCUT2D eigenvalue weighted by Crippen LogP contribution is 2.30. The van der Waals surface area contributed by atoms with Crippen molar-refractivity contribution in [1.29, 1.82) is 0 Å². The van der Waals surface area contributed by atoms with Gasteiger partial charge in [-0.3, -0.25) is 4.79 Å². The monoisotopic (exact) mass is 200 g/mol. The van der Waals surface area contributed by atoms with Crippen LogP contribution in [-0.4, -0.2) is 24.8 Å². The van der Waals surface area contributed by atoms with E-state index in [2.05, 4.69) is 0 Å². The molecule has 0 N–H and O–H groups in total. The van der Waals surface area contributed by atoms with E-state index in [0.717, 1.165) is 12.8 Å². The molecule has 0 aliphatic carbocycles. The summed E-state index contributed by atoms with van der Waals surface area (Å²) in [6.07, 6.45) is 1.65. The summed E-state index contributed by atoms with van der Waals surface area (Å²) in [6, 6.07) is 0. The molecule has 1 aliphatic rings. The molecule has 1 atom stereocenters. The molecule has 1 heterocycles. The Morgan fingerprint density at radius 2 is 2.14 bits per heavy atom. The smallest absolute Gasteiger partial charge is 0.311 e. The van der Waals surface area contributed by atoms with Crippen LogP contribution in [0.25, 0.3) is 0 Å². The Bertz CT molecular complexity index is 209. The molecule has 0 spiro atoms. The molecule has 1 aliphatic heterocycles. The van der Waals surface area contributed by atoms with E-state index in [1.54, 1.807) is 0 Å². The van der Waals surface area contributed by atoms with Crippen LogP contribution in [0.5, 0.6) is 0 Å². The Labute approximate surface area is 85.8 Å². The predicted molar refractivity (Wildman–Crippen MR) is 54.0 cm³/mol. The van der Waals surface area contributed by atoms with Crippen molar-refractivity contribution in [3.63, 3.8) is 0 Å². The molecule has 3 nitrogen and oxygen atoms in total. The van der Waals surface area contributed by atoms with Crippen LogP contribution in [0.1, 0.15) is 40.5 Å². The summed E-state index contributed by atoms with van der Waals surface area (Å²) in [5.41, 5.74) is -0.783. The molecule has 0 aromatic rings. The lowest BCUT2D eigenvalue weighted by atomic mass is 9.95. The summed E-state index contributed by atoms with van der Waals surface area (Å²) in [5, 5.41) is 0. The van der Waals surface area contributed by atoms with Gasteiger partial charge in [0.1, 0.15) is 5.60 Å². The molecule has 0 saturated carbocycles. The SMILES string of the molecule is CCC1(OC(=O)C(C)(C)C)CCOC1. The summed E-state index contributed by atoms with van der Waals surface area (Å²) in [7, 11) is 0. The number of carbonyl (C=O) groups is 1. The second-order valence-corrected chi connectivity index (χ2v) is 4.98. The maximum Gasteiger partial charge on any atom is 0.311 e. The van der Waals surface area contributed by atoms with Crippen molar-refractivity contribution < 1.29 is 14.3 Å². The molecule has 0 radical (unpaired) electrons. The van der Waals surface area contributed by atoms with Gasteiger partial charge in [0.05, 0.1) is 18.6 Å². The fourth-order valence-corrected chi connectivity index (χ4v) is 1.37. The largest absolute Gasteiger partial charge is 0.456 e. The van der Waals surface area contributed by atoms with E-state index in [-0.39, 0.29) is 11.6 Å². The van der Waals surface area contributed by atoms with E-state index in [4.69, 9.17) is 9.47 Å². The van der Waals surface area contributed by atoms with Gasteiger partial charge in [-0.25, -0.2) is 0 Å². The first-order chi connectivity index (χ1) is 6.40. The van der Waals surface area contributed by atoms with Crippen LogP contribution in [0, 0.1) is 5.41 Å². The van der Waals surface area contributed by atoms with Gasteiger partial charge in [0.25, 0.3) is 0 Å². The molecule has 3 heteroatoms. The molecular formula is C11H20O3. The number of hydrogen-bond donors (Lipinski definition) is 0. The molecule has 0 aromatic carbocycles. The minimum absolute atomic E-state index is 0.134. The van der Waals surface area contributed by atoms with Crippen molar-refractivity contribution in [3.05, 3.63) is 0 Å². The second kappa shape index (κ2) is 3.89. The molecule has 1 fully saturated rings. The molecular weight excluding hydrogens is 180 g/mol. The zero-order chi connectivity index (χ0) is 10.8.